The minimum Gasteiger partial charge on any atom is -0.464 e. The van der Waals surface area contributed by atoms with Gasteiger partial charge in [0.15, 0.2) is 11.4 Å². The summed E-state index contributed by atoms with van der Waals surface area (Å²) in [7, 11) is 1.31. The van der Waals surface area contributed by atoms with E-state index < -0.39 is 11.9 Å². The minimum atomic E-state index is -0.520. The van der Waals surface area contributed by atoms with Crippen molar-refractivity contribution in [1.29, 1.82) is 0 Å². The van der Waals surface area contributed by atoms with Crippen LogP contribution in [0.1, 0.15) is 40.7 Å². The summed E-state index contributed by atoms with van der Waals surface area (Å²) in [5.74, 6) is -0.883. The maximum absolute atomic E-state index is 13.5. The quantitative estimate of drug-likeness (QED) is 0.253. The monoisotopic (exact) mass is 530 g/mol. The molecule has 4 aromatic rings. The smallest absolute Gasteiger partial charge is 0.357 e. The highest BCUT2D eigenvalue weighted by Crippen LogP contribution is 2.32. The average molecular weight is 531 g/mol. The van der Waals surface area contributed by atoms with Gasteiger partial charge in [0.2, 0.25) is 10.3 Å². The first-order valence-electron chi connectivity index (χ1n) is 11.4. The molecule has 37 heavy (non-hydrogen) atoms. The molecule has 5 rings (SSSR count). The van der Waals surface area contributed by atoms with E-state index >= 15 is 0 Å². The van der Waals surface area contributed by atoms with Crippen molar-refractivity contribution >= 4 is 56.2 Å². The Morgan fingerprint density at radius 1 is 1.03 bits per heavy atom. The van der Waals surface area contributed by atoms with Gasteiger partial charge in [-0.3, -0.25) is 10.2 Å². The number of esters is 1. The Hall–Kier alpha value is -4.22. The van der Waals surface area contributed by atoms with Gasteiger partial charge in [-0.1, -0.05) is 85.8 Å². The molecule has 0 aliphatic carbocycles. The fourth-order valence-electron chi connectivity index (χ4n) is 3.64. The van der Waals surface area contributed by atoms with Gasteiger partial charge < -0.3 is 4.74 Å². The highest BCUT2D eigenvalue weighted by atomic mass is 32.1. The predicted octanol–water partition coefficient (Wildman–Crippen LogP) is 5.40. The van der Waals surface area contributed by atoms with Crippen molar-refractivity contribution in [2.24, 2.45) is 10.2 Å². The first-order chi connectivity index (χ1) is 18.0. The summed E-state index contributed by atoms with van der Waals surface area (Å²) in [6, 6.07) is 19.1. The van der Waals surface area contributed by atoms with Crippen LogP contribution in [0.25, 0.3) is 11.3 Å². The second kappa shape index (κ2) is 10.4. The van der Waals surface area contributed by atoms with E-state index in [4.69, 9.17) is 4.74 Å². The van der Waals surface area contributed by atoms with Crippen molar-refractivity contribution < 1.29 is 14.3 Å². The molecule has 0 saturated heterocycles. The second-order valence-corrected chi connectivity index (χ2v) is 10.1. The number of carbonyl (C=O) groups is 2. The molecule has 2 aromatic heterocycles. The van der Waals surface area contributed by atoms with Gasteiger partial charge in [-0.15, -0.1) is 11.3 Å². The lowest BCUT2D eigenvalue weighted by molar-refractivity contribution is -0.112. The van der Waals surface area contributed by atoms with Gasteiger partial charge in [-0.2, -0.15) is 15.2 Å². The third-order valence-corrected chi connectivity index (χ3v) is 7.51. The SMILES string of the molecule is COC(=O)c1nc(N/N=C2\C(=O)N(c3nc(-c4ccccc4)cs3)N=C2c2ccccc2)sc1C(C)C. The second-order valence-electron chi connectivity index (χ2n) is 8.26. The van der Waals surface area contributed by atoms with Gasteiger partial charge in [-0.05, 0) is 5.92 Å². The number of ether oxygens (including phenoxy) is 1. The molecule has 0 bridgehead atoms. The molecule has 9 nitrogen and oxygen atoms in total. The summed E-state index contributed by atoms with van der Waals surface area (Å²) < 4.78 is 4.86. The molecule has 186 valence electrons. The highest BCUT2D eigenvalue weighted by molar-refractivity contribution is 7.16. The molecule has 1 amide bonds. The van der Waals surface area contributed by atoms with E-state index in [-0.39, 0.29) is 17.3 Å². The fourth-order valence-corrected chi connectivity index (χ4v) is 5.31. The fraction of sp³-hybridized carbons (Fsp3) is 0.154. The van der Waals surface area contributed by atoms with Crippen LogP contribution >= 0.6 is 22.7 Å². The molecule has 0 atom stereocenters. The molecule has 0 spiro atoms. The Bertz CT molecular complexity index is 1510. The first-order valence-corrected chi connectivity index (χ1v) is 13.1. The Balaban J connectivity index is 1.49. The van der Waals surface area contributed by atoms with E-state index in [1.54, 1.807) is 0 Å². The number of nitrogens with one attached hydrogen (secondary N) is 1. The lowest BCUT2D eigenvalue weighted by Gasteiger charge is -2.06. The summed E-state index contributed by atoms with van der Waals surface area (Å²) in [5, 5.41) is 12.9. The number of thiazole rings is 2. The highest BCUT2D eigenvalue weighted by Gasteiger charge is 2.36. The van der Waals surface area contributed by atoms with E-state index in [1.165, 1.54) is 34.8 Å². The largest absolute Gasteiger partial charge is 0.464 e. The number of methoxy groups -OCH3 is 1. The molecule has 2 aromatic carbocycles. The van der Waals surface area contributed by atoms with Crippen LogP contribution in [0.2, 0.25) is 0 Å². The number of anilines is 2. The van der Waals surface area contributed by atoms with Crippen LogP contribution in [0.5, 0.6) is 0 Å². The average Bonchev–Trinajstić information content (AvgIpc) is 3.65. The van der Waals surface area contributed by atoms with E-state index in [0.29, 0.717) is 16.0 Å². The summed E-state index contributed by atoms with van der Waals surface area (Å²) in [4.78, 5) is 35.4. The normalized spacial score (nSPS) is 14.4. The third-order valence-electron chi connectivity index (χ3n) is 5.43. The van der Waals surface area contributed by atoms with Crippen LogP contribution in [0.3, 0.4) is 0 Å². The molecule has 1 aliphatic rings. The van der Waals surface area contributed by atoms with Crippen molar-refractivity contribution in [2.75, 3.05) is 17.5 Å². The molecule has 11 heteroatoms. The Kier molecular flexibility index (Phi) is 6.89. The lowest BCUT2D eigenvalue weighted by atomic mass is 10.1. The predicted molar refractivity (Wildman–Crippen MR) is 147 cm³/mol. The maximum Gasteiger partial charge on any atom is 0.357 e. The van der Waals surface area contributed by atoms with Gasteiger partial charge in [0.05, 0.1) is 12.8 Å². The van der Waals surface area contributed by atoms with Crippen LogP contribution in [-0.2, 0) is 9.53 Å². The maximum atomic E-state index is 13.5. The minimum absolute atomic E-state index is 0.0589. The number of carbonyl (C=O) groups excluding carboxylic acids is 2. The van der Waals surface area contributed by atoms with Crippen LogP contribution in [0.15, 0.2) is 76.2 Å². The summed E-state index contributed by atoms with van der Waals surface area (Å²) in [6.45, 7) is 3.93. The summed E-state index contributed by atoms with van der Waals surface area (Å²) in [5.41, 5.74) is 6.05. The number of hydrogen-bond donors (Lipinski definition) is 1. The van der Waals surface area contributed by atoms with Crippen molar-refractivity contribution in [3.8, 4) is 11.3 Å². The van der Waals surface area contributed by atoms with E-state index in [2.05, 4.69) is 25.6 Å². The van der Waals surface area contributed by atoms with E-state index in [1.807, 2.05) is 79.9 Å². The molecule has 3 heterocycles. The molecule has 1 aliphatic heterocycles. The van der Waals surface area contributed by atoms with Crippen LogP contribution < -0.4 is 10.4 Å². The van der Waals surface area contributed by atoms with E-state index in [0.717, 1.165) is 21.7 Å². The molecular formula is C26H22N6O3S2. The van der Waals surface area contributed by atoms with Crippen molar-refractivity contribution in [1.82, 2.24) is 9.97 Å². The third kappa shape index (κ3) is 4.91. The topological polar surface area (TPSA) is 109 Å². The van der Waals surface area contributed by atoms with Crippen LogP contribution in [-0.4, -0.2) is 40.4 Å². The molecule has 0 radical (unpaired) electrons. The van der Waals surface area contributed by atoms with Crippen LogP contribution in [0, 0.1) is 0 Å². The molecule has 1 N–H and O–H groups in total. The number of amides is 1. The van der Waals surface area contributed by atoms with Crippen LogP contribution in [0.4, 0.5) is 10.3 Å². The lowest BCUT2D eigenvalue weighted by Crippen LogP contribution is -2.28. The first kappa shape index (κ1) is 24.5. The molecular weight excluding hydrogens is 508 g/mol. The molecule has 0 unspecified atom stereocenters. The molecule has 0 fully saturated rings. The van der Waals surface area contributed by atoms with Gasteiger partial charge in [-0.25, -0.2) is 14.8 Å². The number of benzene rings is 2. The standard InChI is InChI=1S/C26H22N6O3S2/c1-15(2)22-21(24(34)35-3)28-25(37-22)30-29-20-19(17-12-8-5-9-13-17)31-32(23(20)33)26-27-18(14-36-26)16-10-6-4-7-11-16/h4-15H,1-3H3,(H,28,30)/b29-20-. The number of hydrogen-bond acceptors (Lipinski definition) is 10. The Labute approximate surface area is 221 Å². The van der Waals surface area contributed by atoms with Gasteiger partial charge in [0, 0.05) is 21.4 Å². The molecule has 0 saturated carbocycles. The summed E-state index contributed by atoms with van der Waals surface area (Å²) >= 11 is 2.61. The van der Waals surface area contributed by atoms with Crippen molar-refractivity contribution in [3.05, 3.63) is 82.2 Å². The number of hydrazone groups is 2. The van der Waals surface area contributed by atoms with Gasteiger partial charge >= 0.3 is 11.9 Å². The Morgan fingerprint density at radius 2 is 1.70 bits per heavy atom. The Morgan fingerprint density at radius 3 is 2.35 bits per heavy atom. The zero-order valence-corrected chi connectivity index (χ0v) is 21.8. The number of aromatic nitrogens is 2. The van der Waals surface area contributed by atoms with Crippen molar-refractivity contribution in [3.63, 3.8) is 0 Å². The summed E-state index contributed by atoms with van der Waals surface area (Å²) in [6.07, 6.45) is 0. The number of rotatable bonds is 7. The van der Waals surface area contributed by atoms with Gasteiger partial charge in [0.25, 0.3) is 0 Å². The van der Waals surface area contributed by atoms with Gasteiger partial charge in [0.1, 0.15) is 5.71 Å². The zero-order chi connectivity index (χ0) is 25.9. The van der Waals surface area contributed by atoms with E-state index in [9.17, 15) is 9.59 Å². The zero-order valence-electron chi connectivity index (χ0n) is 20.2. The number of nitrogens with zero attached hydrogens (tertiary/aromatic N) is 5. The van der Waals surface area contributed by atoms with Crippen molar-refractivity contribution in [2.45, 2.75) is 19.8 Å².